The molecular weight excluding hydrogens is 332 g/mol. The SMILES string of the molecule is O=C(O)[C@@H]1CCCN1S(=O)(=O)c1cc([N+](=O)[O-])c(Cl)s1. The van der Waals surface area contributed by atoms with Crippen LogP contribution < -0.4 is 0 Å². The van der Waals surface area contributed by atoms with E-state index in [0.29, 0.717) is 17.8 Å². The van der Waals surface area contributed by atoms with E-state index in [0.717, 1.165) is 10.4 Å². The third-order valence-electron chi connectivity index (χ3n) is 2.89. The Balaban J connectivity index is 2.43. The van der Waals surface area contributed by atoms with Crippen LogP contribution in [0.15, 0.2) is 10.3 Å². The lowest BCUT2D eigenvalue weighted by molar-refractivity contribution is -0.384. The summed E-state index contributed by atoms with van der Waals surface area (Å²) in [6, 6.07) is -0.278. The summed E-state index contributed by atoms with van der Waals surface area (Å²) < 4.78 is 24.9. The lowest BCUT2D eigenvalue weighted by Crippen LogP contribution is -2.40. The van der Waals surface area contributed by atoms with Crippen molar-refractivity contribution in [1.82, 2.24) is 4.31 Å². The van der Waals surface area contributed by atoms with Gasteiger partial charge in [-0.05, 0) is 12.8 Å². The minimum atomic E-state index is -4.09. The number of carboxylic acids is 1. The van der Waals surface area contributed by atoms with E-state index in [9.17, 15) is 23.3 Å². The highest BCUT2D eigenvalue weighted by Gasteiger charge is 2.41. The second-order valence-electron chi connectivity index (χ2n) is 4.09. The van der Waals surface area contributed by atoms with Gasteiger partial charge in [-0.3, -0.25) is 14.9 Å². The van der Waals surface area contributed by atoms with Crippen LogP contribution in [0.4, 0.5) is 5.69 Å². The predicted molar refractivity (Wildman–Crippen MR) is 70.5 cm³/mol. The predicted octanol–water partition coefficient (Wildman–Crippen LogP) is 1.55. The largest absolute Gasteiger partial charge is 0.480 e. The molecule has 1 aromatic rings. The smallest absolute Gasteiger partial charge is 0.322 e. The van der Waals surface area contributed by atoms with Crippen molar-refractivity contribution < 1.29 is 23.2 Å². The van der Waals surface area contributed by atoms with Crippen LogP contribution in [0.5, 0.6) is 0 Å². The molecule has 8 nitrogen and oxygen atoms in total. The van der Waals surface area contributed by atoms with Gasteiger partial charge in [-0.1, -0.05) is 11.6 Å². The number of hydrogen-bond acceptors (Lipinski definition) is 6. The van der Waals surface area contributed by atoms with Gasteiger partial charge in [0.2, 0.25) is 0 Å². The summed E-state index contributed by atoms with van der Waals surface area (Å²) >= 11 is 6.18. The minimum absolute atomic E-state index is 0.0720. The van der Waals surface area contributed by atoms with E-state index in [2.05, 4.69) is 0 Å². The average Bonchev–Trinajstić information content (AvgIpc) is 2.94. The first-order chi connectivity index (χ1) is 9.25. The number of rotatable bonds is 4. The average molecular weight is 341 g/mol. The van der Waals surface area contributed by atoms with E-state index in [1.54, 1.807) is 0 Å². The Bertz CT molecular complexity index is 670. The lowest BCUT2D eigenvalue weighted by Gasteiger charge is -2.19. The van der Waals surface area contributed by atoms with Gasteiger partial charge in [0.15, 0.2) is 4.34 Å². The van der Waals surface area contributed by atoms with Crippen LogP contribution in [-0.4, -0.2) is 41.3 Å². The summed E-state index contributed by atoms with van der Waals surface area (Å²) in [7, 11) is -4.09. The van der Waals surface area contributed by atoms with Crippen LogP contribution in [0.3, 0.4) is 0 Å². The van der Waals surface area contributed by atoms with Crippen molar-refractivity contribution in [2.24, 2.45) is 0 Å². The molecule has 1 saturated heterocycles. The molecule has 0 aliphatic carbocycles. The molecule has 11 heteroatoms. The topological polar surface area (TPSA) is 118 Å². The van der Waals surface area contributed by atoms with Crippen molar-refractivity contribution >= 4 is 44.6 Å². The van der Waals surface area contributed by atoms with Crippen LogP contribution in [-0.2, 0) is 14.8 Å². The number of sulfonamides is 1. The van der Waals surface area contributed by atoms with Gasteiger partial charge in [-0.25, -0.2) is 8.42 Å². The van der Waals surface area contributed by atoms with Crippen molar-refractivity contribution in [3.63, 3.8) is 0 Å². The minimum Gasteiger partial charge on any atom is -0.480 e. The number of halogens is 1. The molecule has 1 aromatic heterocycles. The molecule has 0 amide bonds. The van der Waals surface area contributed by atoms with Gasteiger partial charge >= 0.3 is 5.97 Å². The number of hydrogen-bond donors (Lipinski definition) is 1. The van der Waals surface area contributed by atoms with Gasteiger partial charge in [-0.2, -0.15) is 4.31 Å². The van der Waals surface area contributed by atoms with Crippen LogP contribution in [0, 0.1) is 10.1 Å². The standard InChI is InChI=1S/C9H9ClN2O6S2/c10-8-6(12(15)16)4-7(19-8)20(17,18)11-3-1-2-5(11)9(13)14/h4-5H,1-3H2,(H,13,14)/t5-/m0/s1. The molecule has 0 saturated carbocycles. The molecule has 0 radical (unpaired) electrons. The number of nitrogens with zero attached hydrogens (tertiary/aromatic N) is 2. The number of carboxylic acid groups (broad SMARTS) is 1. The first-order valence-corrected chi connectivity index (χ1v) is 8.07. The molecule has 20 heavy (non-hydrogen) atoms. The molecular formula is C9H9ClN2O6S2. The zero-order valence-corrected chi connectivity index (χ0v) is 12.2. The number of aliphatic carboxylic acids is 1. The fourth-order valence-corrected chi connectivity index (χ4v) is 5.43. The zero-order chi connectivity index (χ0) is 15.1. The van der Waals surface area contributed by atoms with E-state index in [1.165, 1.54) is 0 Å². The molecule has 2 heterocycles. The summed E-state index contributed by atoms with van der Waals surface area (Å²) in [4.78, 5) is 20.9. The fraction of sp³-hybridized carbons (Fsp3) is 0.444. The summed E-state index contributed by atoms with van der Waals surface area (Å²) in [5, 5.41) is 19.7. The molecule has 1 aliphatic heterocycles. The molecule has 1 N–H and O–H groups in total. The highest BCUT2D eigenvalue weighted by Crippen LogP contribution is 2.38. The van der Waals surface area contributed by atoms with E-state index < -0.39 is 32.6 Å². The Hall–Kier alpha value is -1.23. The Morgan fingerprint density at radius 1 is 1.60 bits per heavy atom. The van der Waals surface area contributed by atoms with E-state index in [4.69, 9.17) is 16.7 Å². The fourth-order valence-electron chi connectivity index (χ4n) is 1.98. The quantitative estimate of drug-likeness (QED) is 0.656. The number of carbonyl (C=O) groups is 1. The molecule has 110 valence electrons. The normalized spacial score (nSPS) is 20.1. The highest BCUT2D eigenvalue weighted by molar-refractivity contribution is 7.91. The molecule has 0 unspecified atom stereocenters. The third kappa shape index (κ3) is 2.51. The van der Waals surface area contributed by atoms with Crippen molar-refractivity contribution in [3.05, 3.63) is 20.5 Å². The summed E-state index contributed by atoms with van der Waals surface area (Å²) in [6.07, 6.45) is 0.646. The molecule has 1 atom stereocenters. The zero-order valence-electron chi connectivity index (χ0n) is 9.85. The van der Waals surface area contributed by atoms with Crippen LogP contribution in [0.25, 0.3) is 0 Å². The molecule has 0 aromatic carbocycles. The van der Waals surface area contributed by atoms with Gasteiger partial charge in [0.05, 0.1) is 4.92 Å². The molecule has 1 aliphatic rings. The van der Waals surface area contributed by atoms with Gasteiger partial charge in [-0.15, -0.1) is 11.3 Å². The maximum atomic E-state index is 12.3. The van der Waals surface area contributed by atoms with Crippen LogP contribution in [0.2, 0.25) is 4.34 Å². The lowest BCUT2D eigenvalue weighted by atomic mass is 10.2. The van der Waals surface area contributed by atoms with Crippen molar-refractivity contribution in [1.29, 1.82) is 0 Å². The number of thiophene rings is 1. The number of nitro groups is 1. The van der Waals surface area contributed by atoms with E-state index >= 15 is 0 Å². The Kier molecular flexibility index (Phi) is 4.00. The first-order valence-electron chi connectivity index (χ1n) is 5.43. The van der Waals surface area contributed by atoms with Gasteiger partial charge in [0.1, 0.15) is 10.3 Å². The summed E-state index contributed by atoms with van der Waals surface area (Å²) in [6.45, 7) is 0.0720. The molecule has 0 spiro atoms. The molecule has 2 rings (SSSR count). The van der Waals surface area contributed by atoms with Crippen molar-refractivity contribution in [2.75, 3.05) is 6.54 Å². The maximum Gasteiger partial charge on any atom is 0.322 e. The maximum absolute atomic E-state index is 12.3. The van der Waals surface area contributed by atoms with Gasteiger partial charge in [0, 0.05) is 12.6 Å². The monoisotopic (exact) mass is 340 g/mol. The van der Waals surface area contributed by atoms with E-state index in [1.807, 2.05) is 0 Å². The van der Waals surface area contributed by atoms with Gasteiger partial charge in [0.25, 0.3) is 15.7 Å². The highest BCUT2D eigenvalue weighted by atomic mass is 35.5. The van der Waals surface area contributed by atoms with E-state index in [-0.39, 0.29) is 21.5 Å². The molecule has 0 bridgehead atoms. The van der Waals surface area contributed by atoms with Gasteiger partial charge < -0.3 is 5.11 Å². The molecule has 1 fully saturated rings. The second-order valence-corrected chi connectivity index (χ2v) is 7.87. The van der Waals surface area contributed by atoms with Crippen LogP contribution >= 0.6 is 22.9 Å². The summed E-state index contributed by atoms with van der Waals surface area (Å²) in [5.74, 6) is -1.23. The first kappa shape index (κ1) is 15.2. The van der Waals surface area contributed by atoms with Crippen LogP contribution in [0.1, 0.15) is 12.8 Å². The Morgan fingerprint density at radius 3 is 2.75 bits per heavy atom. The third-order valence-corrected chi connectivity index (χ3v) is 6.59. The summed E-state index contributed by atoms with van der Waals surface area (Å²) in [5.41, 5.74) is -0.499. The second kappa shape index (κ2) is 5.28. The van der Waals surface area contributed by atoms with Crippen molar-refractivity contribution in [2.45, 2.75) is 23.1 Å². The van der Waals surface area contributed by atoms with Crippen molar-refractivity contribution in [3.8, 4) is 0 Å². The Morgan fingerprint density at radius 2 is 2.25 bits per heavy atom. The Labute approximate surface area is 122 Å².